The molecule has 0 amide bonds. The molecule has 0 fully saturated rings. The van der Waals surface area contributed by atoms with E-state index in [-0.39, 0.29) is 6.79 Å². The molecule has 0 bridgehead atoms. The zero-order chi connectivity index (χ0) is 13.9. The van der Waals surface area contributed by atoms with E-state index in [1.165, 1.54) is 0 Å². The van der Waals surface area contributed by atoms with Crippen molar-refractivity contribution in [2.75, 3.05) is 13.3 Å². The molecular formula is C13H15N3O4. The second kappa shape index (κ2) is 5.48. The topological polar surface area (TPSA) is 89.6 Å². The molecule has 0 saturated carbocycles. The maximum Gasteiger partial charge on any atom is 0.231 e. The van der Waals surface area contributed by atoms with Crippen LogP contribution in [0.4, 0.5) is 0 Å². The Morgan fingerprint density at radius 2 is 2.20 bits per heavy atom. The molecule has 1 aromatic heterocycles. The van der Waals surface area contributed by atoms with Gasteiger partial charge in [-0.1, -0.05) is 11.2 Å². The Kier molecular flexibility index (Phi) is 3.53. The van der Waals surface area contributed by atoms with Crippen molar-refractivity contribution in [3.8, 4) is 11.5 Å². The van der Waals surface area contributed by atoms with Gasteiger partial charge in [0.05, 0.1) is 12.6 Å². The summed E-state index contributed by atoms with van der Waals surface area (Å²) in [5.74, 6) is 2.46. The number of rotatable bonds is 5. The third kappa shape index (κ3) is 2.73. The molecule has 20 heavy (non-hydrogen) atoms. The second-order valence-corrected chi connectivity index (χ2v) is 4.49. The van der Waals surface area contributed by atoms with E-state index in [0.29, 0.717) is 36.3 Å². The molecule has 1 unspecified atom stereocenters. The summed E-state index contributed by atoms with van der Waals surface area (Å²) in [4.78, 5) is 4.07. The predicted octanol–water partition coefficient (Wildman–Crippen LogP) is 0.930. The fraction of sp³-hybridized carbons (Fsp3) is 0.385. The van der Waals surface area contributed by atoms with Crippen LogP contribution in [-0.4, -0.2) is 28.6 Å². The molecule has 0 aliphatic carbocycles. The van der Waals surface area contributed by atoms with E-state index in [2.05, 4.69) is 15.5 Å². The van der Waals surface area contributed by atoms with Gasteiger partial charge in [-0.3, -0.25) is 0 Å². The van der Waals surface area contributed by atoms with Crippen LogP contribution >= 0.6 is 0 Å². The summed E-state index contributed by atoms with van der Waals surface area (Å²) in [6.07, 6.45) is -0.641. The molecule has 0 spiro atoms. The van der Waals surface area contributed by atoms with Crippen molar-refractivity contribution in [1.82, 2.24) is 15.5 Å². The first-order valence-corrected chi connectivity index (χ1v) is 6.30. The number of nitrogens with zero attached hydrogens (tertiary/aromatic N) is 2. The molecule has 106 valence electrons. The first kappa shape index (κ1) is 12.9. The maximum absolute atomic E-state index is 10.1. The normalized spacial score (nSPS) is 14.5. The third-order valence-corrected chi connectivity index (χ3v) is 2.97. The minimum atomic E-state index is -0.641. The van der Waals surface area contributed by atoms with E-state index in [1.807, 2.05) is 6.07 Å². The van der Waals surface area contributed by atoms with E-state index in [0.717, 1.165) is 5.56 Å². The SMILES string of the molecule is Cc1nc(CNCC(O)c2ccc3c(c2)OCO3)no1. The monoisotopic (exact) mass is 277 g/mol. The van der Waals surface area contributed by atoms with Crippen LogP contribution in [0.3, 0.4) is 0 Å². The highest BCUT2D eigenvalue weighted by atomic mass is 16.7. The maximum atomic E-state index is 10.1. The summed E-state index contributed by atoms with van der Waals surface area (Å²) >= 11 is 0. The molecule has 1 aliphatic rings. The third-order valence-electron chi connectivity index (χ3n) is 2.97. The summed E-state index contributed by atoms with van der Waals surface area (Å²) in [6.45, 7) is 2.79. The second-order valence-electron chi connectivity index (χ2n) is 4.49. The van der Waals surface area contributed by atoms with Crippen LogP contribution in [0.2, 0.25) is 0 Å². The predicted molar refractivity (Wildman–Crippen MR) is 68.3 cm³/mol. The quantitative estimate of drug-likeness (QED) is 0.840. The number of aliphatic hydroxyl groups excluding tert-OH is 1. The molecule has 2 N–H and O–H groups in total. The molecule has 1 aromatic carbocycles. The van der Waals surface area contributed by atoms with Gasteiger partial charge < -0.3 is 24.4 Å². The smallest absolute Gasteiger partial charge is 0.231 e. The van der Waals surface area contributed by atoms with Crippen molar-refractivity contribution in [2.45, 2.75) is 19.6 Å². The van der Waals surface area contributed by atoms with Gasteiger partial charge in [0, 0.05) is 13.5 Å². The molecule has 3 rings (SSSR count). The Labute approximate surface area is 115 Å². The van der Waals surface area contributed by atoms with Gasteiger partial charge in [-0.15, -0.1) is 0 Å². The number of aromatic nitrogens is 2. The first-order chi connectivity index (χ1) is 9.72. The van der Waals surface area contributed by atoms with E-state index in [1.54, 1.807) is 19.1 Å². The summed E-state index contributed by atoms with van der Waals surface area (Å²) in [6, 6.07) is 5.40. The largest absolute Gasteiger partial charge is 0.454 e. The number of hydrogen-bond donors (Lipinski definition) is 2. The molecule has 2 aromatic rings. The van der Waals surface area contributed by atoms with Crippen molar-refractivity contribution in [1.29, 1.82) is 0 Å². The van der Waals surface area contributed by atoms with Crippen LogP contribution < -0.4 is 14.8 Å². The molecule has 1 aliphatic heterocycles. The van der Waals surface area contributed by atoms with Crippen molar-refractivity contribution in [3.63, 3.8) is 0 Å². The highest BCUT2D eigenvalue weighted by Gasteiger charge is 2.16. The first-order valence-electron chi connectivity index (χ1n) is 6.30. The molecule has 0 saturated heterocycles. The molecule has 7 nitrogen and oxygen atoms in total. The van der Waals surface area contributed by atoms with Crippen LogP contribution in [0.15, 0.2) is 22.7 Å². The fourth-order valence-electron chi connectivity index (χ4n) is 1.97. The Morgan fingerprint density at radius 1 is 1.35 bits per heavy atom. The highest BCUT2D eigenvalue weighted by Crippen LogP contribution is 2.34. The zero-order valence-corrected chi connectivity index (χ0v) is 11.0. The van der Waals surface area contributed by atoms with E-state index >= 15 is 0 Å². The average molecular weight is 277 g/mol. The van der Waals surface area contributed by atoms with Crippen molar-refractivity contribution >= 4 is 0 Å². The van der Waals surface area contributed by atoms with E-state index < -0.39 is 6.10 Å². The number of fused-ring (bicyclic) bond motifs is 1. The Balaban J connectivity index is 1.55. The zero-order valence-electron chi connectivity index (χ0n) is 11.0. The summed E-state index contributed by atoms with van der Waals surface area (Å²) in [5.41, 5.74) is 0.769. The van der Waals surface area contributed by atoms with Gasteiger partial charge in [0.2, 0.25) is 12.7 Å². The number of aryl methyl sites for hydroxylation is 1. The molecule has 7 heteroatoms. The van der Waals surface area contributed by atoms with Crippen molar-refractivity contribution < 1.29 is 19.1 Å². The van der Waals surface area contributed by atoms with Gasteiger partial charge in [0.15, 0.2) is 17.3 Å². The van der Waals surface area contributed by atoms with Gasteiger partial charge in [0.25, 0.3) is 0 Å². The lowest BCUT2D eigenvalue weighted by molar-refractivity contribution is 0.170. The minimum Gasteiger partial charge on any atom is -0.454 e. The number of hydrogen-bond acceptors (Lipinski definition) is 7. The van der Waals surface area contributed by atoms with Crippen molar-refractivity contribution in [2.24, 2.45) is 0 Å². The Morgan fingerprint density at radius 3 is 3.00 bits per heavy atom. The van der Waals surface area contributed by atoms with Crippen LogP contribution in [-0.2, 0) is 6.54 Å². The number of ether oxygens (including phenoxy) is 2. The number of benzene rings is 1. The lowest BCUT2D eigenvalue weighted by Crippen LogP contribution is -2.21. The summed E-state index contributed by atoms with van der Waals surface area (Å²) in [7, 11) is 0. The highest BCUT2D eigenvalue weighted by molar-refractivity contribution is 5.45. The minimum absolute atomic E-state index is 0.226. The molecular weight excluding hydrogens is 262 g/mol. The lowest BCUT2D eigenvalue weighted by Gasteiger charge is -2.11. The summed E-state index contributed by atoms with van der Waals surface area (Å²) in [5, 5.41) is 17.0. The van der Waals surface area contributed by atoms with E-state index in [4.69, 9.17) is 14.0 Å². The van der Waals surface area contributed by atoms with Gasteiger partial charge in [-0.25, -0.2) is 0 Å². The fourth-order valence-corrected chi connectivity index (χ4v) is 1.97. The molecule has 1 atom stereocenters. The molecule has 0 radical (unpaired) electrons. The lowest BCUT2D eigenvalue weighted by atomic mass is 10.1. The van der Waals surface area contributed by atoms with Gasteiger partial charge >= 0.3 is 0 Å². The van der Waals surface area contributed by atoms with Gasteiger partial charge in [0.1, 0.15) is 0 Å². The van der Waals surface area contributed by atoms with Crippen molar-refractivity contribution in [3.05, 3.63) is 35.5 Å². The van der Waals surface area contributed by atoms with E-state index in [9.17, 15) is 5.11 Å². The van der Waals surface area contributed by atoms with Crippen LogP contribution in [0.1, 0.15) is 23.4 Å². The summed E-state index contributed by atoms with van der Waals surface area (Å²) < 4.78 is 15.4. The average Bonchev–Trinajstić information content (AvgIpc) is 3.06. The molecule has 2 heterocycles. The van der Waals surface area contributed by atoms with Gasteiger partial charge in [-0.2, -0.15) is 4.98 Å². The Hall–Kier alpha value is -2.12. The van der Waals surface area contributed by atoms with Crippen LogP contribution in [0.25, 0.3) is 0 Å². The Bertz CT molecular complexity index is 599. The van der Waals surface area contributed by atoms with Crippen LogP contribution in [0, 0.1) is 6.92 Å². The standard InChI is InChI=1S/C13H15N3O4/c1-8-15-13(16-20-8)6-14-5-10(17)9-2-3-11-12(4-9)19-7-18-11/h2-4,10,14,17H,5-7H2,1H3. The van der Waals surface area contributed by atoms with Crippen LogP contribution in [0.5, 0.6) is 11.5 Å². The number of aliphatic hydroxyl groups is 1. The number of nitrogens with one attached hydrogen (secondary N) is 1. The van der Waals surface area contributed by atoms with Gasteiger partial charge in [-0.05, 0) is 17.7 Å².